The van der Waals surface area contributed by atoms with Gasteiger partial charge in [0, 0.05) is 6.42 Å². The van der Waals surface area contributed by atoms with E-state index < -0.39 is 20.0 Å². The third kappa shape index (κ3) is 9.27. The van der Waals surface area contributed by atoms with Gasteiger partial charge in [-0.25, -0.2) is 4.79 Å². The molecule has 0 aromatic heterocycles. The lowest BCUT2D eigenvalue weighted by molar-refractivity contribution is -0.140. The lowest BCUT2D eigenvalue weighted by Crippen LogP contribution is -2.47. The maximum atomic E-state index is 12.0. The summed E-state index contributed by atoms with van der Waals surface area (Å²) in [5.41, 5.74) is -0.572. The van der Waals surface area contributed by atoms with Crippen LogP contribution in [-0.4, -0.2) is 45.7 Å². The van der Waals surface area contributed by atoms with Crippen LogP contribution in [0.4, 0.5) is 4.79 Å². The Morgan fingerprint density at radius 3 is 2.04 bits per heavy atom. The Labute approximate surface area is 147 Å². The Morgan fingerprint density at radius 2 is 1.62 bits per heavy atom. The summed E-state index contributed by atoms with van der Waals surface area (Å²) in [4.78, 5) is 23.4. The fraction of sp³-hybridized carbons (Fsp3) is 0.882. The summed E-state index contributed by atoms with van der Waals surface area (Å²) >= 11 is 0. The van der Waals surface area contributed by atoms with Crippen LogP contribution in [0.5, 0.6) is 0 Å². The lowest BCUT2D eigenvalue weighted by atomic mass is 10.1. The van der Waals surface area contributed by atoms with E-state index in [1.54, 1.807) is 0 Å². The summed E-state index contributed by atoms with van der Waals surface area (Å²) in [7, 11) is -0.586. The second kappa shape index (κ2) is 8.85. The molecule has 0 aliphatic carbocycles. The van der Waals surface area contributed by atoms with Gasteiger partial charge in [-0.15, -0.1) is 0 Å². The third-order valence-corrected chi connectivity index (χ3v) is 8.60. The van der Waals surface area contributed by atoms with Crippen molar-refractivity contribution >= 4 is 20.4 Å². The van der Waals surface area contributed by atoms with Gasteiger partial charge in [-0.1, -0.05) is 20.8 Å². The van der Waals surface area contributed by atoms with Gasteiger partial charge < -0.3 is 19.2 Å². The minimum Gasteiger partial charge on any atom is -0.469 e. The summed E-state index contributed by atoms with van der Waals surface area (Å²) < 4.78 is 16.1. The molecule has 1 atom stereocenters. The van der Waals surface area contributed by atoms with Crippen molar-refractivity contribution in [2.45, 2.75) is 84.2 Å². The highest BCUT2D eigenvalue weighted by Gasteiger charge is 2.37. The normalized spacial score (nSPS) is 14.0. The molecule has 6 nitrogen and oxygen atoms in total. The fourth-order valence-corrected chi connectivity index (χ4v) is 2.64. The van der Waals surface area contributed by atoms with Crippen LogP contribution in [-0.2, 0) is 18.7 Å². The minimum atomic E-state index is -1.94. The van der Waals surface area contributed by atoms with Crippen molar-refractivity contribution in [3.8, 4) is 0 Å². The molecule has 0 fully saturated rings. The summed E-state index contributed by atoms with van der Waals surface area (Å²) in [6.07, 6.45) is 0.162. The summed E-state index contributed by atoms with van der Waals surface area (Å²) in [6.45, 7) is 16.5. The zero-order valence-corrected chi connectivity index (χ0v) is 17.7. The molecule has 0 aliphatic heterocycles. The molecule has 0 aliphatic rings. The zero-order chi connectivity index (χ0) is 19.2. The number of hydrogen-bond acceptors (Lipinski definition) is 5. The van der Waals surface area contributed by atoms with Crippen molar-refractivity contribution in [1.82, 2.24) is 5.32 Å². The first-order valence-electron chi connectivity index (χ1n) is 8.38. The molecule has 0 aromatic rings. The van der Waals surface area contributed by atoms with Crippen LogP contribution in [0.1, 0.15) is 54.4 Å². The van der Waals surface area contributed by atoms with Crippen molar-refractivity contribution in [3.63, 3.8) is 0 Å². The number of amides is 1. The quantitative estimate of drug-likeness (QED) is 0.550. The van der Waals surface area contributed by atoms with Crippen molar-refractivity contribution in [2.75, 3.05) is 13.7 Å². The first-order valence-corrected chi connectivity index (χ1v) is 11.3. The molecular weight excluding hydrogens is 326 g/mol. The zero-order valence-electron chi connectivity index (χ0n) is 16.7. The van der Waals surface area contributed by atoms with Gasteiger partial charge >= 0.3 is 12.1 Å². The third-order valence-electron chi connectivity index (χ3n) is 4.10. The van der Waals surface area contributed by atoms with Crippen molar-refractivity contribution in [1.29, 1.82) is 0 Å². The van der Waals surface area contributed by atoms with Gasteiger partial charge in [0.05, 0.1) is 19.8 Å². The van der Waals surface area contributed by atoms with Crippen LogP contribution in [0, 0.1) is 0 Å². The predicted molar refractivity (Wildman–Crippen MR) is 97.6 cm³/mol. The van der Waals surface area contributed by atoms with Gasteiger partial charge in [-0.05, 0) is 45.3 Å². The van der Waals surface area contributed by atoms with Crippen LogP contribution < -0.4 is 5.32 Å². The van der Waals surface area contributed by atoms with Gasteiger partial charge in [0.25, 0.3) is 0 Å². The molecule has 0 saturated carbocycles. The van der Waals surface area contributed by atoms with E-state index >= 15 is 0 Å². The molecule has 0 bridgehead atoms. The Balaban J connectivity index is 4.81. The molecule has 24 heavy (non-hydrogen) atoms. The molecule has 0 spiro atoms. The van der Waals surface area contributed by atoms with Crippen LogP contribution in [0.2, 0.25) is 18.1 Å². The van der Waals surface area contributed by atoms with Crippen LogP contribution >= 0.6 is 0 Å². The molecule has 1 amide bonds. The van der Waals surface area contributed by atoms with E-state index in [9.17, 15) is 9.59 Å². The second-order valence-corrected chi connectivity index (χ2v) is 13.3. The highest BCUT2D eigenvalue weighted by atomic mass is 28.4. The number of rotatable bonds is 7. The molecule has 142 valence electrons. The van der Waals surface area contributed by atoms with Gasteiger partial charge in [0.15, 0.2) is 8.32 Å². The topological polar surface area (TPSA) is 73.9 Å². The molecular formula is C17H35NO5Si. The highest BCUT2D eigenvalue weighted by Crippen LogP contribution is 2.36. The second-order valence-electron chi connectivity index (χ2n) is 8.53. The predicted octanol–water partition coefficient (Wildman–Crippen LogP) is 3.85. The first kappa shape index (κ1) is 22.9. The van der Waals surface area contributed by atoms with Crippen LogP contribution in [0.25, 0.3) is 0 Å². The number of alkyl carbamates (subject to hydrolysis) is 1. The molecule has 0 heterocycles. The largest absolute Gasteiger partial charge is 0.469 e. The van der Waals surface area contributed by atoms with E-state index in [1.165, 1.54) is 7.11 Å². The summed E-state index contributed by atoms with van der Waals surface area (Å²) in [5.74, 6) is -0.307. The standard InChI is InChI=1S/C17H35NO5Si/c1-16(2,3)23-15(20)18-13(10-11-14(19)21-7)12-22-24(8,9)17(4,5)6/h13H,10-12H2,1-9H3,(H,18,20). The molecule has 7 heteroatoms. The number of nitrogens with one attached hydrogen (secondary N) is 1. The fourth-order valence-electron chi connectivity index (χ4n) is 1.59. The van der Waals surface area contributed by atoms with Gasteiger partial charge in [0.2, 0.25) is 0 Å². The van der Waals surface area contributed by atoms with Crippen molar-refractivity contribution in [2.24, 2.45) is 0 Å². The van der Waals surface area contributed by atoms with Crippen molar-refractivity contribution < 1.29 is 23.5 Å². The molecule has 0 radical (unpaired) electrons. The first-order chi connectivity index (χ1) is 10.7. The number of esters is 1. The Hall–Kier alpha value is -1.08. The maximum Gasteiger partial charge on any atom is 0.407 e. The smallest absolute Gasteiger partial charge is 0.407 e. The van der Waals surface area contributed by atoms with Gasteiger partial charge in [0.1, 0.15) is 5.60 Å². The average Bonchev–Trinajstić information content (AvgIpc) is 2.37. The Morgan fingerprint density at radius 1 is 1.08 bits per heavy atom. The maximum absolute atomic E-state index is 12.0. The van der Waals surface area contributed by atoms with Gasteiger partial charge in [-0.2, -0.15) is 0 Å². The van der Waals surface area contributed by atoms with E-state index in [1.807, 2.05) is 20.8 Å². The molecule has 0 rings (SSSR count). The average molecular weight is 362 g/mol. The van der Waals surface area contributed by atoms with E-state index in [0.717, 1.165) is 0 Å². The highest BCUT2D eigenvalue weighted by molar-refractivity contribution is 6.74. The number of carbonyl (C=O) groups excluding carboxylic acids is 2. The number of carbonyl (C=O) groups is 2. The monoisotopic (exact) mass is 361 g/mol. The SMILES string of the molecule is COC(=O)CCC(CO[Si](C)(C)C(C)(C)C)NC(=O)OC(C)(C)C. The minimum absolute atomic E-state index is 0.0752. The van der Waals surface area contributed by atoms with E-state index in [0.29, 0.717) is 13.0 Å². The van der Waals surface area contributed by atoms with Crippen LogP contribution in [0.3, 0.4) is 0 Å². The van der Waals surface area contributed by atoms with Crippen LogP contribution in [0.15, 0.2) is 0 Å². The van der Waals surface area contributed by atoms with E-state index in [-0.39, 0.29) is 23.5 Å². The molecule has 1 N–H and O–H groups in total. The molecule has 0 aromatic carbocycles. The van der Waals surface area contributed by atoms with E-state index in [2.05, 4.69) is 43.9 Å². The Kier molecular flexibility index (Phi) is 8.45. The number of ether oxygens (including phenoxy) is 2. The summed E-state index contributed by atoms with van der Waals surface area (Å²) in [6, 6.07) is -0.298. The number of methoxy groups -OCH3 is 1. The number of hydrogen-bond donors (Lipinski definition) is 1. The lowest BCUT2D eigenvalue weighted by Gasteiger charge is -2.37. The van der Waals surface area contributed by atoms with Crippen molar-refractivity contribution in [3.05, 3.63) is 0 Å². The molecule has 0 saturated heterocycles. The molecule has 1 unspecified atom stereocenters. The van der Waals surface area contributed by atoms with Gasteiger partial charge in [-0.3, -0.25) is 4.79 Å². The van der Waals surface area contributed by atoms with E-state index in [4.69, 9.17) is 9.16 Å². The summed E-state index contributed by atoms with van der Waals surface area (Å²) in [5, 5.41) is 2.88. The Bertz CT molecular complexity index is 424.